The SMILES string of the molecule is C[C@@H]1CN(Cc2nc(-c3cccnc3)no2)C[C@@H](c2ccccc2)O1. The van der Waals surface area contributed by atoms with Gasteiger partial charge in [0.05, 0.1) is 18.8 Å². The molecule has 0 bridgehead atoms. The zero-order valence-electron chi connectivity index (χ0n) is 14.1. The molecule has 1 aliphatic rings. The Hall–Kier alpha value is -2.57. The monoisotopic (exact) mass is 336 g/mol. The van der Waals surface area contributed by atoms with Crippen LogP contribution in [-0.4, -0.2) is 39.2 Å². The quantitative estimate of drug-likeness (QED) is 0.729. The highest BCUT2D eigenvalue weighted by atomic mass is 16.5. The molecule has 3 heterocycles. The second-order valence-corrected chi connectivity index (χ2v) is 6.29. The zero-order valence-corrected chi connectivity index (χ0v) is 14.1. The van der Waals surface area contributed by atoms with Crippen molar-refractivity contribution < 1.29 is 9.26 Å². The maximum Gasteiger partial charge on any atom is 0.241 e. The smallest absolute Gasteiger partial charge is 0.241 e. The molecule has 0 spiro atoms. The third-order valence-electron chi connectivity index (χ3n) is 4.25. The summed E-state index contributed by atoms with van der Waals surface area (Å²) in [5.74, 6) is 1.18. The van der Waals surface area contributed by atoms with Crippen molar-refractivity contribution in [1.82, 2.24) is 20.0 Å². The van der Waals surface area contributed by atoms with Crippen LogP contribution in [0.25, 0.3) is 11.4 Å². The van der Waals surface area contributed by atoms with E-state index in [1.807, 2.05) is 30.3 Å². The molecule has 128 valence electrons. The van der Waals surface area contributed by atoms with Crippen LogP contribution in [-0.2, 0) is 11.3 Å². The maximum absolute atomic E-state index is 6.10. The van der Waals surface area contributed by atoms with E-state index in [1.165, 1.54) is 5.56 Å². The second-order valence-electron chi connectivity index (χ2n) is 6.29. The lowest BCUT2D eigenvalue weighted by atomic mass is 10.1. The van der Waals surface area contributed by atoms with Crippen LogP contribution < -0.4 is 0 Å². The van der Waals surface area contributed by atoms with Gasteiger partial charge in [-0.2, -0.15) is 4.98 Å². The van der Waals surface area contributed by atoms with Crippen LogP contribution in [0.5, 0.6) is 0 Å². The van der Waals surface area contributed by atoms with Gasteiger partial charge in [-0.25, -0.2) is 0 Å². The van der Waals surface area contributed by atoms with E-state index in [9.17, 15) is 0 Å². The lowest BCUT2D eigenvalue weighted by Crippen LogP contribution is -2.42. The van der Waals surface area contributed by atoms with E-state index >= 15 is 0 Å². The summed E-state index contributed by atoms with van der Waals surface area (Å²) >= 11 is 0. The number of hydrogen-bond acceptors (Lipinski definition) is 6. The molecule has 0 radical (unpaired) electrons. The first-order valence-corrected chi connectivity index (χ1v) is 8.43. The lowest BCUT2D eigenvalue weighted by molar-refractivity contribution is -0.0832. The highest BCUT2D eigenvalue weighted by molar-refractivity contribution is 5.51. The summed E-state index contributed by atoms with van der Waals surface area (Å²) in [6, 6.07) is 14.1. The predicted octanol–water partition coefficient (Wildman–Crippen LogP) is 3.09. The van der Waals surface area contributed by atoms with E-state index in [0.29, 0.717) is 18.3 Å². The molecule has 1 fully saturated rings. The third kappa shape index (κ3) is 3.75. The van der Waals surface area contributed by atoms with E-state index in [-0.39, 0.29) is 12.2 Å². The summed E-state index contributed by atoms with van der Waals surface area (Å²) in [6.07, 6.45) is 3.67. The highest BCUT2D eigenvalue weighted by Crippen LogP contribution is 2.26. The topological polar surface area (TPSA) is 64.3 Å². The Morgan fingerprint density at radius 3 is 2.80 bits per heavy atom. The minimum absolute atomic E-state index is 0.0608. The molecule has 6 nitrogen and oxygen atoms in total. The van der Waals surface area contributed by atoms with Crippen molar-refractivity contribution in [2.75, 3.05) is 13.1 Å². The maximum atomic E-state index is 6.10. The summed E-state index contributed by atoms with van der Waals surface area (Å²) in [6.45, 7) is 4.36. The van der Waals surface area contributed by atoms with Crippen LogP contribution in [0.2, 0.25) is 0 Å². The van der Waals surface area contributed by atoms with Gasteiger partial charge in [-0.05, 0) is 24.6 Å². The minimum atomic E-state index is 0.0608. The summed E-state index contributed by atoms with van der Waals surface area (Å²) < 4.78 is 11.5. The molecule has 25 heavy (non-hydrogen) atoms. The fourth-order valence-electron chi connectivity index (χ4n) is 3.14. The molecular weight excluding hydrogens is 316 g/mol. The van der Waals surface area contributed by atoms with E-state index in [4.69, 9.17) is 9.26 Å². The first kappa shape index (κ1) is 15.9. The van der Waals surface area contributed by atoms with Gasteiger partial charge >= 0.3 is 0 Å². The summed E-state index contributed by atoms with van der Waals surface area (Å²) in [7, 11) is 0. The van der Waals surface area contributed by atoms with Gasteiger partial charge in [0, 0.05) is 31.0 Å². The van der Waals surface area contributed by atoms with Crippen LogP contribution in [0.1, 0.15) is 24.5 Å². The summed E-state index contributed by atoms with van der Waals surface area (Å²) in [5.41, 5.74) is 2.05. The van der Waals surface area contributed by atoms with Gasteiger partial charge in [-0.3, -0.25) is 9.88 Å². The van der Waals surface area contributed by atoms with Gasteiger partial charge in [0.2, 0.25) is 11.7 Å². The molecule has 3 aromatic rings. The Bertz CT molecular complexity index is 807. The molecule has 0 N–H and O–H groups in total. The number of hydrogen-bond donors (Lipinski definition) is 0. The number of rotatable bonds is 4. The van der Waals surface area contributed by atoms with Crippen LogP contribution in [0.3, 0.4) is 0 Å². The molecule has 1 aromatic carbocycles. The number of nitrogens with zero attached hydrogens (tertiary/aromatic N) is 4. The lowest BCUT2D eigenvalue weighted by Gasteiger charge is -2.36. The molecule has 0 amide bonds. The van der Waals surface area contributed by atoms with Crippen molar-refractivity contribution in [3.63, 3.8) is 0 Å². The average molecular weight is 336 g/mol. The fourth-order valence-corrected chi connectivity index (χ4v) is 3.14. The average Bonchev–Trinajstić information content (AvgIpc) is 3.11. The van der Waals surface area contributed by atoms with Gasteiger partial charge in [-0.1, -0.05) is 35.5 Å². The van der Waals surface area contributed by atoms with Gasteiger partial charge in [0.25, 0.3) is 0 Å². The first-order chi connectivity index (χ1) is 12.3. The van der Waals surface area contributed by atoms with Gasteiger partial charge in [0.15, 0.2) is 0 Å². The summed E-state index contributed by atoms with van der Waals surface area (Å²) in [5, 5.41) is 4.06. The zero-order chi connectivity index (χ0) is 17.1. The molecule has 0 saturated carbocycles. The first-order valence-electron chi connectivity index (χ1n) is 8.43. The number of pyridine rings is 1. The van der Waals surface area contributed by atoms with Crippen LogP contribution in [0, 0.1) is 0 Å². The van der Waals surface area contributed by atoms with Gasteiger partial charge in [0.1, 0.15) is 0 Å². The van der Waals surface area contributed by atoms with Crippen molar-refractivity contribution >= 4 is 0 Å². The van der Waals surface area contributed by atoms with Crippen molar-refractivity contribution in [1.29, 1.82) is 0 Å². The van der Waals surface area contributed by atoms with Gasteiger partial charge < -0.3 is 9.26 Å². The Morgan fingerprint density at radius 1 is 1.12 bits per heavy atom. The highest BCUT2D eigenvalue weighted by Gasteiger charge is 2.27. The molecule has 2 aromatic heterocycles. The summed E-state index contributed by atoms with van der Waals surface area (Å²) in [4.78, 5) is 10.9. The predicted molar refractivity (Wildman–Crippen MR) is 92.5 cm³/mol. The molecule has 0 aliphatic carbocycles. The van der Waals surface area contributed by atoms with Crippen molar-refractivity contribution in [2.24, 2.45) is 0 Å². The normalized spacial score (nSPS) is 21.3. The van der Waals surface area contributed by atoms with Crippen molar-refractivity contribution in [3.05, 3.63) is 66.3 Å². The molecular formula is C19H20N4O2. The molecule has 1 saturated heterocycles. The van der Waals surface area contributed by atoms with E-state index in [1.54, 1.807) is 12.4 Å². The van der Waals surface area contributed by atoms with Gasteiger partial charge in [-0.15, -0.1) is 0 Å². The molecule has 2 atom stereocenters. The number of ether oxygens (including phenoxy) is 1. The molecule has 0 unspecified atom stereocenters. The van der Waals surface area contributed by atoms with E-state index in [0.717, 1.165) is 18.7 Å². The Kier molecular flexibility index (Phi) is 4.54. The van der Waals surface area contributed by atoms with Crippen LogP contribution in [0.4, 0.5) is 0 Å². The molecule has 4 rings (SSSR count). The Balaban J connectivity index is 1.46. The van der Waals surface area contributed by atoms with Crippen LogP contribution >= 0.6 is 0 Å². The number of morpholine rings is 1. The van der Waals surface area contributed by atoms with Crippen molar-refractivity contribution in [2.45, 2.75) is 25.7 Å². The minimum Gasteiger partial charge on any atom is -0.368 e. The van der Waals surface area contributed by atoms with E-state index in [2.05, 4.69) is 39.1 Å². The molecule has 1 aliphatic heterocycles. The van der Waals surface area contributed by atoms with Crippen LogP contribution in [0.15, 0.2) is 59.4 Å². The Labute approximate surface area is 146 Å². The Morgan fingerprint density at radius 2 is 2.00 bits per heavy atom. The molecule has 6 heteroatoms. The van der Waals surface area contributed by atoms with E-state index < -0.39 is 0 Å². The fraction of sp³-hybridized carbons (Fsp3) is 0.316. The van der Waals surface area contributed by atoms with Crippen molar-refractivity contribution in [3.8, 4) is 11.4 Å². The second kappa shape index (κ2) is 7.13. The standard InChI is InChI=1S/C19H20N4O2/c1-14-11-23(12-17(24-14)15-6-3-2-4-7-15)13-18-21-19(22-25-18)16-8-5-9-20-10-16/h2-10,14,17H,11-13H2,1H3/t14-,17+/m1/s1. The number of aromatic nitrogens is 3. The third-order valence-corrected chi connectivity index (χ3v) is 4.25. The number of benzene rings is 1. The largest absolute Gasteiger partial charge is 0.368 e.